The number of aryl methyl sites for hydroxylation is 2. The minimum atomic E-state index is 0.165. The van der Waals surface area contributed by atoms with Gasteiger partial charge in [-0.15, -0.1) is 0 Å². The first-order valence-electron chi connectivity index (χ1n) is 5.86. The fourth-order valence-corrected chi connectivity index (χ4v) is 2.42. The summed E-state index contributed by atoms with van der Waals surface area (Å²) in [5.74, 6) is 0. The van der Waals surface area contributed by atoms with Crippen molar-refractivity contribution in [1.29, 1.82) is 0 Å². The first kappa shape index (κ1) is 11.7. The summed E-state index contributed by atoms with van der Waals surface area (Å²) in [6.45, 7) is 4.14. The van der Waals surface area contributed by atoms with Gasteiger partial charge in [0.2, 0.25) is 6.41 Å². The molecule has 0 aliphatic heterocycles. The number of amides is 1. The summed E-state index contributed by atoms with van der Waals surface area (Å²) < 4.78 is 2.16. The second kappa shape index (κ2) is 4.62. The minimum absolute atomic E-state index is 0.165. The number of rotatable bonds is 4. The van der Waals surface area contributed by atoms with Crippen LogP contribution in [0, 0.1) is 6.92 Å². The van der Waals surface area contributed by atoms with E-state index in [2.05, 4.69) is 48.3 Å². The maximum absolute atomic E-state index is 10.4. The lowest BCUT2D eigenvalue weighted by Gasteiger charge is -2.08. The Morgan fingerprint density at radius 1 is 1.47 bits per heavy atom. The summed E-state index contributed by atoms with van der Waals surface area (Å²) in [6, 6.07) is 6.52. The van der Waals surface area contributed by atoms with E-state index in [0.717, 1.165) is 12.8 Å². The third-order valence-corrected chi connectivity index (χ3v) is 3.16. The third kappa shape index (κ3) is 2.18. The van der Waals surface area contributed by atoms with Gasteiger partial charge in [0.25, 0.3) is 0 Å². The number of carbonyl (C=O) groups excluding carboxylic acids is 1. The van der Waals surface area contributed by atoms with Crippen molar-refractivity contribution in [1.82, 2.24) is 9.88 Å². The third-order valence-electron chi connectivity index (χ3n) is 3.16. The molecule has 3 nitrogen and oxygen atoms in total. The number of hydrogen-bond donors (Lipinski definition) is 1. The Balaban J connectivity index is 2.42. The molecule has 2 rings (SSSR count). The highest BCUT2D eigenvalue weighted by atomic mass is 16.1. The molecule has 1 amide bonds. The van der Waals surface area contributed by atoms with E-state index < -0.39 is 0 Å². The van der Waals surface area contributed by atoms with Gasteiger partial charge in [0, 0.05) is 24.7 Å². The lowest BCUT2D eigenvalue weighted by molar-refractivity contribution is -0.110. The second-order valence-electron chi connectivity index (χ2n) is 4.63. The monoisotopic (exact) mass is 230 g/mol. The number of hydrogen-bond acceptors (Lipinski definition) is 1. The average Bonchev–Trinajstić information content (AvgIpc) is 2.57. The predicted octanol–water partition coefficient (Wildman–Crippen LogP) is 2.16. The van der Waals surface area contributed by atoms with Crippen LogP contribution in [0.25, 0.3) is 10.9 Å². The van der Waals surface area contributed by atoms with Gasteiger partial charge in [-0.1, -0.05) is 18.2 Å². The summed E-state index contributed by atoms with van der Waals surface area (Å²) >= 11 is 0. The fourth-order valence-electron chi connectivity index (χ4n) is 2.42. The number of para-hydroxylation sites is 1. The number of nitrogens with one attached hydrogen (secondary N) is 1. The van der Waals surface area contributed by atoms with E-state index >= 15 is 0 Å². The predicted molar refractivity (Wildman–Crippen MR) is 70.0 cm³/mol. The van der Waals surface area contributed by atoms with Crippen molar-refractivity contribution in [2.75, 3.05) is 0 Å². The van der Waals surface area contributed by atoms with Crippen molar-refractivity contribution >= 4 is 17.3 Å². The molecule has 0 fully saturated rings. The molecule has 0 aliphatic carbocycles. The lowest BCUT2D eigenvalue weighted by Crippen LogP contribution is -2.26. The van der Waals surface area contributed by atoms with Gasteiger partial charge >= 0.3 is 0 Å². The molecule has 1 N–H and O–H groups in total. The van der Waals surface area contributed by atoms with Crippen LogP contribution in [-0.2, 0) is 18.3 Å². The largest absolute Gasteiger partial charge is 0.356 e. The number of fused-ring (bicyclic) bond motifs is 1. The molecular weight excluding hydrogens is 212 g/mol. The highest BCUT2D eigenvalue weighted by Crippen LogP contribution is 2.24. The van der Waals surface area contributed by atoms with Crippen LogP contribution in [0.1, 0.15) is 18.1 Å². The number of aromatic nitrogens is 1. The summed E-state index contributed by atoms with van der Waals surface area (Å²) in [7, 11) is 2.07. The molecule has 0 aliphatic rings. The molecule has 0 saturated carbocycles. The summed E-state index contributed by atoms with van der Waals surface area (Å²) in [5, 5.41) is 4.08. The second-order valence-corrected chi connectivity index (χ2v) is 4.63. The van der Waals surface area contributed by atoms with E-state index in [1.165, 1.54) is 22.0 Å². The molecule has 1 heterocycles. The van der Waals surface area contributed by atoms with E-state index in [9.17, 15) is 4.79 Å². The van der Waals surface area contributed by atoms with Crippen molar-refractivity contribution in [2.24, 2.45) is 7.05 Å². The topological polar surface area (TPSA) is 34.0 Å². The zero-order valence-electron chi connectivity index (χ0n) is 10.5. The van der Waals surface area contributed by atoms with Crippen LogP contribution in [0.2, 0.25) is 0 Å². The Kier molecular flexibility index (Phi) is 3.18. The molecule has 0 spiro atoms. The normalized spacial score (nSPS) is 12.6. The Hall–Kier alpha value is -1.77. The fraction of sp³-hybridized carbons (Fsp3) is 0.357. The SMILES string of the molecule is Cc1cccc2c(CC(C)NC=O)cn(C)c12. The molecule has 1 aromatic heterocycles. The number of nitrogens with zero attached hydrogens (tertiary/aromatic N) is 1. The van der Waals surface area contributed by atoms with Crippen LogP contribution < -0.4 is 5.32 Å². The zero-order chi connectivity index (χ0) is 12.4. The van der Waals surface area contributed by atoms with Crippen molar-refractivity contribution in [2.45, 2.75) is 26.3 Å². The lowest BCUT2D eigenvalue weighted by atomic mass is 10.0. The maximum atomic E-state index is 10.4. The molecule has 1 unspecified atom stereocenters. The van der Waals surface area contributed by atoms with Gasteiger partial charge in [0.15, 0.2) is 0 Å². The molecule has 3 heteroatoms. The van der Waals surface area contributed by atoms with Crippen LogP contribution in [0.3, 0.4) is 0 Å². The highest BCUT2D eigenvalue weighted by molar-refractivity contribution is 5.86. The van der Waals surface area contributed by atoms with Crippen molar-refractivity contribution in [3.8, 4) is 0 Å². The molecular formula is C14H18N2O. The van der Waals surface area contributed by atoms with Gasteiger partial charge in [0.05, 0.1) is 5.52 Å². The zero-order valence-corrected chi connectivity index (χ0v) is 10.5. The van der Waals surface area contributed by atoms with Gasteiger partial charge in [-0.25, -0.2) is 0 Å². The highest BCUT2D eigenvalue weighted by Gasteiger charge is 2.10. The van der Waals surface area contributed by atoms with E-state index in [-0.39, 0.29) is 6.04 Å². The first-order valence-corrected chi connectivity index (χ1v) is 5.86. The summed E-state index contributed by atoms with van der Waals surface area (Å²) in [5.41, 5.74) is 3.85. The summed E-state index contributed by atoms with van der Waals surface area (Å²) in [4.78, 5) is 10.4. The molecule has 0 radical (unpaired) electrons. The molecule has 0 bridgehead atoms. The standard InChI is InChI=1S/C14H18N2O/c1-10-5-4-6-13-12(7-11(2)15-9-17)8-16(3)14(10)13/h4-6,8-9,11H,7H2,1-3H3,(H,15,17). The van der Waals surface area contributed by atoms with Gasteiger partial charge < -0.3 is 9.88 Å². The molecule has 1 atom stereocenters. The number of carbonyl (C=O) groups is 1. The Labute approximate surface area is 101 Å². The summed E-state index contributed by atoms with van der Waals surface area (Å²) in [6.07, 6.45) is 3.78. The Morgan fingerprint density at radius 2 is 2.24 bits per heavy atom. The van der Waals surface area contributed by atoms with Crippen LogP contribution in [-0.4, -0.2) is 17.0 Å². The Morgan fingerprint density at radius 3 is 2.94 bits per heavy atom. The van der Waals surface area contributed by atoms with Crippen LogP contribution in [0.15, 0.2) is 24.4 Å². The van der Waals surface area contributed by atoms with Crippen LogP contribution >= 0.6 is 0 Å². The molecule has 0 saturated heterocycles. The Bertz CT molecular complexity index is 542. The minimum Gasteiger partial charge on any atom is -0.356 e. The van der Waals surface area contributed by atoms with E-state index in [4.69, 9.17) is 0 Å². The quantitative estimate of drug-likeness (QED) is 0.802. The van der Waals surface area contributed by atoms with E-state index in [1.807, 2.05) is 6.92 Å². The molecule has 1 aromatic carbocycles. The van der Waals surface area contributed by atoms with Crippen molar-refractivity contribution < 1.29 is 4.79 Å². The molecule has 90 valence electrons. The van der Waals surface area contributed by atoms with E-state index in [0.29, 0.717) is 0 Å². The van der Waals surface area contributed by atoms with Gasteiger partial charge in [-0.3, -0.25) is 4.79 Å². The first-order chi connectivity index (χ1) is 8.13. The van der Waals surface area contributed by atoms with Gasteiger partial charge in [-0.2, -0.15) is 0 Å². The van der Waals surface area contributed by atoms with Crippen molar-refractivity contribution in [3.63, 3.8) is 0 Å². The van der Waals surface area contributed by atoms with Gasteiger partial charge in [-0.05, 0) is 31.4 Å². The smallest absolute Gasteiger partial charge is 0.207 e. The van der Waals surface area contributed by atoms with Crippen LogP contribution in [0.5, 0.6) is 0 Å². The van der Waals surface area contributed by atoms with Crippen LogP contribution in [0.4, 0.5) is 0 Å². The number of benzene rings is 1. The molecule has 17 heavy (non-hydrogen) atoms. The average molecular weight is 230 g/mol. The van der Waals surface area contributed by atoms with E-state index in [1.54, 1.807) is 0 Å². The van der Waals surface area contributed by atoms with Crippen molar-refractivity contribution in [3.05, 3.63) is 35.5 Å². The molecule has 2 aromatic rings. The maximum Gasteiger partial charge on any atom is 0.207 e. The van der Waals surface area contributed by atoms with Gasteiger partial charge in [0.1, 0.15) is 0 Å².